The predicted octanol–water partition coefficient (Wildman–Crippen LogP) is 5.61. The van der Waals surface area contributed by atoms with Crippen molar-refractivity contribution >= 4 is 22.6 Å². The summed E-state index contributed by atoms with van der Waals surface area (Å²) in [5.41, 5.74) is -5.23. The molecule has 0 N–H and O–H groups in total. The third-order valence-electron chi connectivity index (χ3n) is 6.61. The van der Waals surface area contributed by atoms with E-state index in [2.05, 4.69) is 0 Å². The van der Waals surface area contributed by atoms with Crippen molar-refractivity contribution in [1.29, 1.82) is 21.0 Å². The summed E-state index contributed by atoms with van der Waals surface area (Å²) in [4.78, 5) is 0. The first-order valence-corrected chi connectivity index (χ1v) is 10.8. The second kappa shape index (κ2) is 8.29. The lowest BCUT2D eigenvalue weighted by atomic mass is 9.56. The van der Waals surface area contributed by atoms with E-state index in [-0.39, 0.29) is 0 Å². The zero-order valence-corrected chi connectivity index (χ0v) is 18.6. The van der Waals surface area contributed by atoms with Crippen LogP contribution in [0.3, 0.4) is 0 Å². The molecule has 12 heteroatoms. The first kappa shape index (κ1) is 24.0. The highest BCUT2D eigenvalue weighted by atomic mass is 127. The van der Waals surface area contributed by atoms with Gasteiger partial charge in [-0.2, -0.15) is 21.0 Å². The molecule has 4 aliphatic rings. The summed E-state index contributed by atoms with van der Waals surface area (Å²) in [5, 5.41) is 36.5. The van der Waals surface area contributed by atoms with Crippen LogP contribution >= 0.6 is 22.6 Å². The Balaban J connectivity index is 2.10. The molecule has 0 bridgehead atoms. The number of alkyl halides is 4. The van der Waals surface area contributed by atoms with Gasteiger partial charge in [-0.25, -0.2) is 30.7 Å². The Labute approximate surface area is 201 Å². The van der Waals surface area contributed by atoms with Gasteiger partial charge in [0, 0.05) is 11.1 Å². The van der Waals surface area contributed by atoms with Gasteiger partial charge in [-0.15, -0.1) is 0 Å². The largest absolute Gasteiger partial charge is 0.241 e. The van der Waals surface area contributed by atoms with Gasteiger partial charge in [0.15, 0.2) is 0 Å². The fraction of sp³-hybridized carbons (Fsp3) is 0.364. The molecule has 0 aliphatic heterocycles. The van der Waals surface area contributed by atoms with Crippen LogP contribution in [-0.2, 0) is 0 Å². The Hall–Kier alpha value is -3.10. The highest BCUT2D eigenvalue weighted by Crippen LogP contribution is 2.64. The number of allylic oxidation sites excluding steroid dienone is 10. The van der Waals surface area contributed by atoms with Gasteiger partial charge in [-0.05, 0) is 11.1 Å². The fourth-order valence-corrected chi connectivity index (χ4v) is 6.63. The molecule has 0 aromatic heterocycles. The Morgan fingerprint density at radius 2 is 0.853 bits per heavy atom. The monoisotopic (exact) mass is 588 g/mol. The van der Waals surface area contributed by atoms with Gasteiger partial charge in [0.2, 0.25) is 0 Å². The van der Waals surface area contributed by atoms with Gasteiger partial charge in [0.1, 0.15) is 77.2 Å². The molecule has 2 fully saturated rings. The normalized spacial score (nSPS) is 36.2. The fourth-order valence-electron chi connectivity index (χ4n) is 5.27. The SMILES string of the molecule is N#CC(C#N)=C1C(F)C2C(F)=C(F)C3C4=C2C(C(F)=C(F)C4C(I)C(=C(C#N)C#N)C3F)C1F. The van der Waals surface area contributed by atoms with Crippen molar-refractivity contribution in [2.24, 2.45) is 23.7 Å². The summed E-state index contributed by atoms with van der Waals surface area (Å²) in [6.45, 7) is 0. The van der Waals surface area contributed by atoms with Crippen LogP contribution in [0.25, 0.3) is 0 Å². The van der Waals surface area contributed by atoms with Crippen molar-refractivity contribution in [1.82, 2.24) is 0 Å². The molecule has 0 aromatic carbocycles. The predicted molar refractivity (Wildman–Crippen MR) is 108 cm³/mol. The third-order valence-corrected chi connectivity index (χ3v) is 8.00. The smallest absolute Gasteiger partial charge is 0.142 e. The van der Waals surface area contributed by atoms with E-state index in [9.17, 15) is 10.5 Å². The number of hydrogen-bond donors (Lipinski definition) is 0. The summed E-state index contributed by atoms with van der Waals surface area (Å²) in [6, 6.07) is 5.23. The molecule has 8 atom stereocenters. The zero-order chi connectivity index (χ0) is 25.2. The van der Waals surface area contributed by atoms with E-state index in [1.165, 1.54) is 46.9 Å². The van der Waals surface area contributed by atoms with Crippen molar-refractivity contribution in [2.75, 3.05) is 0 Å². The van der Waals surface area contributed by atoms with E-state index >= 15 is 30.7 Å². The molecule has 0 spiro atoms. The second-order valence-corrected chi connectivity index (χ2v) is 9.27. The molecule has 2 saturated carbocycles. The van der Waals surface area contributed by atoms with Crippen LogP contribution in [0, 0.1) is 69.0 Å². The van der Waals surface area contributed by atoms with Gasteiger partial charge in [-0.3, -0.25) is 0 Å². The molecule has 0 heterocycles. The Bertz CT molecular complexity index is 1150. The minimum Gasteiger partial charge on any atom is -0.241 e. The molecule has 4 rings (SSSR count). The summed E-state index contributed by atoms with van der Waals surface area (Å²) in [7, 11) is 0. The molecule has 172 valence electrons. The molecule has 4 nitrogen and oxygen atoms in total. The number of rotatable bonds is 0. The van der Waals surface area contributed by atoms with E-state index in [1.54, 1.807) is 0 Å². The summed E-state index contributed by atoms with van der Waals surface area (Å²) < 4.78 is 106. The topological polar surface area (TPSA) is 95.2 Å². The first-order chi connectivity index (χ1) is 16.1. The molecule has 0 saturated heterocycles. The van der Waals surface area contributed by atoms with E-state index in [1.807, 2.05) is 0 Å². The second-order valence-electron chi connectivity index (χ2n) is 7.93. The minimum atomic E-state index is -2.82. The highest BCUT2D eigenvalue weighted by Gasteiger charge is 2.63. The maximum atomic E-state index is 15.5. The molecular formula is C22H8F7IN4. The van der Waals surface area contributed by atoms with E-state index < -0.39 is 103 Å². The highest BCUT2D eigenvalue weighted by molar-refractivity contribution is 14.1. The number of hydrogen-bond acceptors (Lipinski definition) is 4. The van der Waals surface area contributed by atoms with E-state index in [4.69, 9.17) is 10.5 Å². The first-order valence-electron chi connectivity index (χ1n) is 9.57. The maximum Gasteiger partial charge on any atom is 0.142 e. The van der Waals surface area contributed by atoms with Gasteiger partial charge in [0.05, 0.1) is 27.6 Å². The number of nitriles is 4. The third kappa shape index (κ3) is 2.85. The average molecular weight is 588 g/mol. The van der Waals surface area contributed by atoms with Crippen molar-refractivity contribution in [3.05, 3.63) is 56.7 Å². The molecule has 8 unspecified atom stereocenters. The molecule has 0 amide bonds. The Kier molecular flexibility index (Phi) is 5.86. The van der Waals surface area contributed by atoms with Gasteiger partial charge in [-0.1, -0.05) is 22.6 Å². The lowest BCUT2D eigenvalue weighted by Crippen LogP contribution is -2.51. The van der Waals surface area contributed by atoms with Crippen molar-refractivity contribution in [2.45, 2.75) is 22.4 Å². The number of halogens is 8. The average Bonchev–Trinajstić information content (AvgIpc) is 2.80. The zero-order valence-electron chi connectivity index (χ0n) is 16.4. The van der Waals surface area contributed by atoms with Crippen LogP contribution in [0.15, 0.2) is 56.7 Å². The van der Waals surface area contributed by atoms with Crippen molar-refractivity contribution in [3.63, 3.8) is 0 Å². The quantitative estimate of drug-likeness (QED) is 0.121. The molecule has 0 aromatic rings. The standard InChI is InChI=1S/C22H8F7IN4/c23-15-7(5(1-31)2-32)16(24)12-9-10-13(19(27)18(26)11(9)15)17(25)8(6(3-33)4-34)22(30)14(10)21(29)20(12)28/h11-17,22H. The Morgan fingerprint density at radius 1 is 0.559 bits per heavy atom. The lowest BCUT2D eigenvalue weighted by Gasteiger charge is -2.50. The summed E-state index contributed by atoms with van der Waals surface area (Å²) in [6.07, 6.45) is -8.21. The number of nitrogens with zero attached hydrogens (tertiary/aromatic N) is 4. The van der Waals surface area contributed by atoms with Gasteiger partial charge >= 0.3 is 0 Å². The Morgan fingerprint density at radius 3 is 1.24 bits per heavy atom. The molecular weight excluding hydrogens is 580 g/mol. The van der Waals surface area contributed by atoms with Gasteiger partial charge < -0.3 is 0 Å². The van der Waals surface area contributed by atoms with Gasteiger partial charge in [0.25, 0.3) is 0 Å². The van der Waals surface area contributed by atoms with Crippen LogP contribution in [0.1, 0.15) is 0 Å². The molecule has 0 radical (unpaired) electrons. The summed E-state index contributed by atoms with van der Waals surface area (Å²) in [5.74, 6) is -16.1. The summed E-state index contributed by atoms with van der Waals surface area (Å²) >= 11 is 1.42. The van der Waals surface area contributed by atoms with Crippen LogP contribution in [0.4, 0.5) is 30.7 Å². The van der Waals surface area contributed by atoms with E-state index in [0.717, 1.165) is 0 Å². The molecule has 34 heavy (non-hydrogen) atoms. The lowest BCUT2D eigenvalue weighted by molar-refractivity contribution is 0.133. The van der Waals surface area contributed by atoms with Crippen molar-refractivity contribution in [3.8, 4) is 24.3 Å². The van der Waals surface area contributed by atoms with Crippen LogP contribution in [0.2, 0.25) is 0 Å². The maximum absolute atomic E-state index is 15.5. The molecule has 4 aliphatic carbocycles. The minimum absolute atomic E-state index is 0.599. The van der Waals surface area contributed by atoms with Crippen LogP contribution < -0.4 is 0 Å². The van der Waals surface area contributed by atoms with E-state index in [0.29, 0.717) is 0 Å². The van der Waals surface area contributed by atoms with Crippen molar-refractivity contribution < 1.29 is 30.7 Å². The van der Waals surface area contributed by atoms with Crippen LogP contribution in [0.5, 0.6) is 0 Å². The van der Waals surface area contributed by atoms with Crippen LogP contribution in [-0.4, -0.2) is 22.4 Å².